The lowest BCUT2D eigenvalue weighted by Crippen LogP contribution is -2.49. The Kier molecular flexibility index (Phi) is 5.11. The van der Waals surface area contributed by atoms with Gasteiger partial charge in [0.2, 0.25) is 0 Å². The summed E-state index contributed by atoms with van der Waals surface area (Å²) in [5, 5.41) is 12.0. The van der Waals surface area contributed by atoms with Gasteiger partial charge in [-0.25, -0.2) is 0 Å². The molecule has 0 N–H and O–H groups in total. The van der Waals surface area contributed by atoms with Crippen LogP contribution in [0.15, 0.2) is 42.5 Å². The third kappa shape index (κ3) is 3.70. The number of amides is 1. The third-order valence-electron chi connectivity index (χ3n) is 4.15. The maximum atomic E-state index is 12.6. The highest BCUT2D eigenvalue weighted by Gasteiger charge is 2.27. The van der Waals surface area contributed by atoms with Crippen LogP contribution in [-0.4, -0.2) is 41.9 Å². The van der Waals surface area contributed by atoms with Crippen molar-refractivity contribution in [3.63, 3.8) is 0 Å². The van der Waals surface area contributed by atoms with Gasteiger partial charge in [0, 0.05) is 37.3 Å². The summed E-state index contributed by atoms with van der Waals surface area (Å²) >= 11 is 11.9. The number of hydrogen-bond acceptors (Lipinski definition) is 4. The van der Waals surface area contributed by atoms with Crippen molar-refractivity contribution in [1.29, 1.82) is 0 Å². The molecule has 0 bridgehead atoms. The van der Waals surface area contributed by atoms with Crippen LogP contribution in [0.2, 0.25) is 10.0 Å². The van der Waals surface area contributed by atoms with Crippen LogP contribution in [0.4, 0.5) is 11.4 Å². The van der Waals surface area contributed by atoms with E-state index in [0.29, 0.717) is 47.5 Å². The van der Waals surface area contributed by atoms with Crippen LogP contribution < -0.4 is 4.90 Å². The Balaban J connectivity index is 1.74. The standard InChI is InChI=1S/C17H15Cl2N3O3/c18-12-5-6-15(16(11-12)22(24)25)20-7-9-21(10-8-20)17(23)13-3-1-2-4-14(13)19/h1-6,11H,7-10H2. The number of nitro benzene ring substituents is 1. The SMILES string of the molecule is O=C(c1ccccc1Cl)N1CCN(c2ccc(Cl)cc2[N+](=O)[O-])CC1. The Morgan fingerprint density at radius 3 is 2.36 bits per heavy atom. The molecule has 3 rings (SSSR count). The molecule has 0 aromatic heterocycles. The average molecular weight is 380 g/mol. The summed E-state index contributed by atoms with van der Waals surface area (Å²) in [6, 6.07) is 11.5. The molecule has 0 spiro atoms. The second kappa shape index (κ2) is 7.29. The number of piperazine rings is 1. The van der Waals surface area contributed by atoms with Crippen molar-refractivity contribution in [3.05, 3.63) is 68.2 Å². The van der Waals surface area contributed by atoms with Gasteiger partial charge >= 0.3 is 0 Å². The average Bonchev–Trinajstić information content (AvgIpc) is 2.61. The Morgan fingerprint density at radius 2 is 1.72 bits per heavy atom. The van der Waals surface area contributed by atoms with E-state index in [-0.39, 0.29) is 11.6 Å². The second-order valence-corrected chi connectivity index (χ2v) is 6.49. The zero-order valence-electron chi connectivity index (χ0n) is 13.2. The summed E-state index contributed by atoms with van der Waals surface area (Å²) in [6.45, 7) is 1.92. The van der Waals surface area contributed by atoms with Crippen molar-refractivity contribution < 1.29 is 9.72 Å². The molecule has 1 amide bonds. The maximum absolute atomic E-state index is 12.6. The van der Waals surface area contributed by atoms with E-state index in [4.69, 9.17) is 23.2 Å². The smallest absolute Gasteiger partial charge is 0.294 e. The Hall–Kier alpha value is -2.31. The molecule has 1 saturated heterocycles. The van der Waals surface area contributed by atoms with Crippen molar-refractivity contribution in [2.24, 2.45) is 0 Å². The number of rotatable bonds is 3. The van der Waals surface area contributed by atoms with Crippen molar-refractivity contribution in [1.82, 2.24) is 4.90 Å². The second-order valence-electron chi connectivity index (χ2n) is 5.65. The molecule has 0 radical (unpaired) electrons. The zero-order chi connectivity index (χ0) is 18.0. The molecule has 8 heteroatoms. The topological polar surface area (TPSA) is 66.7 Å². The highest BCUT2D eigenvalue weighted by molar-refractivity contribution is 6.33. The molecule has 2 aromatic rings. The van der Waals surface area contributed by atoms with Gasteiger partial charge in [0.1, 0.15) is 5.69 Å². The number of carbonyl (C=O) groups is 1. The van der Waals surface area contributed by atoms with E-state index in [1.54, 1.807) is 41.3 Å². The van der Waals surface area contributed by atoms with Gasteiger partial charge in [-0.3, -0.25) is 14.9 Å². The molecule has 25 heavy (non-hydrogen) atoms. The zero-order valence-corrected chi connectivity index (χ0v) is 14.7. The van der Waals surface area contributed by atoms with E-state index < -0.39 is 4.92 Å². The predicted octanol–water partition coefficient (Wildman–Crippen LogP) is 3.86. The van der Waals surface area contributed by atoms with Crippen LogP contribution in [0.25, 0.3) is 0 Å². The number of nitrogens with zero attached hydrogens (tertiary/aromatic N) is 3. The van der Waals surface area contributed by atoms with Gasteiger partial charge in [-0.2, -0.15) is 0 Å². The molecule has 6 nitrogen and oxygen atoms in total. The lowest BCUT2D eigenvalue weighted by atomic mass is 10.1. The van der Waals surface area contributed by atoms with Crippen LogP contribution in [-0.2, 0) is 0 Å². The molecule has 0 atom stereocenters. The quantitative estimate of drug-likeness (QED) is 0.599. The molecule has 1 heterocycles. The van der Waals surface area contributed by atoms with Gasteiger partial charge < -0.3 is 9.80 Å². The lowest BCUT2D eigenvalue weighted by Gasteiger charge is -2.36. The van der Waals surface area contributed by atoms with Crippen LogP contribution in [0.1, 0.15) is 10.4 Å². The maximum Gasteiger partial charge on any atom is 0.294 e. The fourth-order valence-corrected chi connectivity index (χ4v) is 3.25. The monoisotopic (exact) mass is 379 g/mol. The summed E-state index contributed by atoms with van der Waals surface area (Å²) < 4.78 is 0. The van der Waals surface area contributed by atoms with Crippen LogP contribution in [0.3, 0.4) is 0 Å². The van der Waals surface area contributed by atoms with Gasteiger partial charge in [-0.05, 0) is 24.3 Å². The molecule has 130 valence electrons. The van der Waals surface area contributed by atoms with Gasteiger partial charge in [-0.1, -0.05) is 35.3 Å². The van der Waals surface area contributed by atoms with Crippen molar-refractivity contribution in [3.8, 4) is 0 Å². The van der Waals surface area contributed by atoms with E-state index >= 15 is 0 Å². The highest BCUT2D eigenvalue weighted by Crippen LogP contribution is 2.31. The Bertz CT molecular complexity index is 821. The minimum atomic E-state index is -0.442. The Labute approximate surface area is 154 Å². The molecular weight excluding hydrogens is 365 g/mol. The van der Waals surface area contributed by atoms with E-state index in [2.05, 4.69) is 0 Å². The van der Waals surface area contributed by atoms with Crippen LogP contribution >= 0.6 is 23.2 Å². The summed E-state index contributed by atoms with van der Waals surface area (Å²) in [6.07, 6.45) is 0. The first kappa shape index (κ1) is 17.5. The van der Waals surface area contributed by atoms with Gasteiger partial charge in [0.15, 0.2) is 0 Å². The fraction of sp³-hybridized carbons (Fsp3) is 0.235. The first-order valence-corrected chi connectivity index (χ1v) is 8.45. The number of hydrogen-bond donors (Lipinski definition) is 0. The molecule has 0 aliphatic carbocycles. The van der Waals surface area contributed by atoms with E-state index in [0.717, 1.165) is 0 Å². The lowest BCUT2D eigenvalue weighted by molar-refractivity contribution is -0.384. The summed E-state index contributed by atoms with van der Waals surface area (Å²) in [5.41, 5.74) is 0.952. The molecule has 1 aliphatic rings. The summed E-state index contributed by atoms with van der Waals surface area (Å²) in [4.78, 5) is 27.0. The predicted molar refractivity (Wildman–Crippen MR) is 97.7 cm³/mol. The largest absolute Gasteiger partial charge is 0.362 e. The first-order chi connectivity index (χ1) is 12.0. The molecule has 2 aromatic carbocycles. The number of anilines is 1. The minimum Gasteiger partial charge on any atom is -0.362 e. The van der Waals surface area contributed by atoms with Gasteiger partial charge in [-0.15, -0.1) is 0 Å². The van der Waals surface area contributed by atoms with Crippen molar-refractivity contribution in [2.45, 2.75) is 0 Å². The molecule has 1 aliphatic heterocycles. The summed E-state index contributed by atoms with van der Waals surface area (Å²) in [7, 11) is 0. The van der Waals surface area contributed by atoms with Crippen LogP contribution in [0, 0.1) is 10.1 Å². The van der Waals surface area contributed by atoms with Gasteiger partial charge in [0.05, 0.1) is 15.5 Å². The Morgan fingerprint density at radius 1 is 1.04 bits per heavy atom. The fourth-order valence-electron chi connectivity index (χ4n) is 2.87. The van der Waals surface area contributed by atoms with Crippen molar-refractivity contribution >= 4 is 40.5 Å². The number of carbonyl (C=O) groups excluding carboxylic acids is 1. The molecule has 0 unspecified atom stereocenters. The van der Waals surface area contributed by atoms with Crippen molar-refractivity contribution in [2.75, 3.05) is 31.1 Å². The highest BCUT2D eigenvalue weighted by atomic mass is 35.5. The number of benzene rings is 2. The van der Waals surface area contributed by atoms with Crippen LogP contribution in [0.5, 0.6) is 0 Å². The van der Waals surface area contributed by atoms with Gasteiger partial charge in [0.25, 0.3) is 11.6 Å². The molecule has 1 fully saturated rings. The third-order valence-corrected chi connectivity index (χ3v) is 4.71. The minimum absolute atomic E-state index is 0.0293. The number of nitro groups is 1. The van der Waals surface area contributed by atoms with E-state index in [9.17, 15) is 14.9 Å². The van der Waals surface area contributed by atoms with E-state index in [1.807, 2.05) is 4.90 Å². The van der Waals surface area contributed by atoms with E-state index in [1.165, 1.54) is 6.07 Å². The summed E-state index contributed by atoms with van der Waals surface area (Å²) in [5.74, 6) is -0.129. The molecular formula is C17H15Cl2N3O3. The number of halogens is 2. The molecule has 0 saturated carbocycles. The first-order valence-electron chi connectivity index (χ1n) is 7.70. The normalized spacial score (nSPS) is 14.5.